The molecule has 6 heteroatoms. The second-order valence-corrected chi connectivity index (χ2v) is 5.90. The van der Waals surface area contributed by atoms with E-state index in [2.05, 4.69) is 10.1 Å². The van der Waals surface area contributed by atoms with Crippen molar-refractivity contribution in [1.29, 1.82) is 0 Å². The number of nitrogens with one attached hydrogen (secondary N) is 1. The van der Waals surface area contributed by atoms with E-state index in [1.54, 1.807) is 13.8 Å². The van der Waals surface area contributed by atoms with Gasteiger partial charge in [0.05, 0.1) is 18.9 Å². The number of methoxy groups -OCH3 is 1. The molecule has 6 nitrogen and oxygen atoms in total. The second kappa shape index (κ2) is 6.24. The maximum atomic E-state index is 12.3. The molecule has 2 N–H and O–H groups in total. The van der Waals surface area contributed by atoms with Crippen molar-refractivity contribution in [2.45, 2.75) is 45.6 Å². The van der Waals surface area contributed by atoms with Crippen LogP contribution in [0.5, 0.6) is 0 Å². The number of amides is 1. The summed E-state index contributed by atoms with van der Waals surface area (Å²) in [5, 5.41) is 11.8. The highest BCUT2D eigenvalue weighted by atomic mass is 16.5. The third-order valence-electron chi connectivity index (χ3n) is 4.02. The summed E-state index contributed by atoms with van der Waals surface area (Å²) in [6.07, 6.45) is 1.92. The van der Waals surface area contributed by atoms with E-state index in [0.29, 0.717) is 12.8 Å². The van der Waals surface area contributed by atoms with Gasteiger partial charge in [0, 0.05) is 0 Å². The Balaban J connectivity index is 2.80. The van der Waals surface area contributed by atoms with E-state index in [1.165, 1.54) is 7.11 Å². The van der Waals surface area contributed by atoms with Crippen LogP contribution in [0, 0.1) is 17.8 Å². The summed E-state index contributed by atoms with van der Waals surface area (Å²) < 4.78 is 4.63. The maximum Gasteiger partial charge on any atom is 0.330 e. The molecule has 0 aliphatic heterocycles. The minimum atomic E-state index is -1.15. The Bertz CT molecular complexity index is 404. The number of carboxylic acid groups (broad SMARTS) is 1. The zero-order valence-electron chi connectivity index (χ0n) is 12.4. The van der Waals surface area contributed by atoms with Crippen LogP contribution in [0.25, 0.3) is 0 Å². The fourth-order valence-corrected chi connectivity index (χ4v) is 2.75. The average molecular weight is 285 g/mol. The van der Waals surface area contributed by atoms with Gasteiger partial charge in [-0.15, -0.1) is 0 Å². The molecule has 0 bridgehead atoms. The Hall–Kier alpha value is -1.59. The van der Waals surface area contributed by atoms with Gasteiger partial charge < -0.3 is 15.2 Å². The van der Waals surface area contributed by atoms with Gasteiger partial charge in [-0.3, -0.25) is 9.59 Å². The van der Waals surface area contributed by atoms with Gasteiger partial charge in [0.1, 0.15) is 5.54 Å². The molecule has 1 aliphatic carbocycles. The van der Waals surface area contributed by atoms with Gasteiger partial charge in [-0.1, -0.05) is 13.3 Å². The lowest BCUT2D eigenvalue weighted by atomic mass is 9.93. The number of esters is 1. The van der Waals surface area contributed by atoms with Gasteiger partial charge in [0.15, 0.2) is 0 Å². The molecule has 1 saturated carbocycles. The first-order valence-electron chi connectivity index (χ1n) is 6.86. The van der Waals surface area contributed by atoms with E-state index in [1.807, 2.05) is 6.92 Å². The molecule has 0 saturated heterocycles. The zero-order valence-corrected chi connectivity index (χ0v) is 12.4. The molecule has 0 spiro atoms. The van der Waals surface area contributed by atoms with Crippen molar-refractivity contribution in [3.8, 4) is 0 Å². The van der Waals surface area contributed by atoms with Gasteiger partial charge in [0.25, 0.3) is 0 Å². The van der Waals surface area contributed by atoms with Crippen LogP contribution in [-0.4, -0.2) is 35.6 Å². The largest absolute Gasteiger partial charge is 0.481 e. The third kappa shape index (κ3) is 3.49. The van der Waals surface area contributed by atoms with E-state index >= 15 is 0 Å². The Kier molecular flexibility index (Phi) is 5.14. The smallest absolute Gasteiger partial charge is 0.330 e. The molecular formula is C14H23NO5. The lowest BCUT2D eigenvalue weighted by Crippen LogP contribution is -2.52. The normalized spacial score (nSPS) is 26.1. The molecule has 1 amide bonds. The van der Waals surface area contributed by atoms with E-state index in [4.69, 9.17) is 0 Å². The van der Waals surface area contributed by atoms with Crippen molar-refractivity contribution in [2.24, 2.45) is 17.8 Å². The Morgan fingerprint density at radius 1 is 1.25 bits per heavy atom. The average Bonchev–Trinajstić information content (AvgIpc) is 2.81. The molecule has 1 rings (SSSR count). The summed E-state index contributed by atoms with van der Waals surface area (Å²) in [5.41, 5.74) is -1.15. The van der Waals surface area contributed by atoms with E-state index in [9.17, 15) is 19.5 Å². The minimum Gasteiger partial charge on any atom is -0.481 e. The number of aliphatic carboxylic acids is 1. The van der Waals surface area contributed by atoms with Crippen molar-refractivity contribution in [3.63, 3.8) is 0 Å². The molecule has 3 atom stereocenters. The lowest BCUT2D eigenvalue weighted by Gasteiger charge is -2.26. The van der Waals surface area contributed by atoms with Crippen LogP contribution in [0.2, 0.25) is 0 Å². The number of carbonyl (C=O) groups excluding carboxylic acids is 2. The molecule has 0 aromatic carbocycles. The van der Waals surface area contributed by atoms with Gasteiger partial charge in [-0.2, -0.15) is 0 Å². The molecule has 1 fully saturated rings. The zero-order chi connectivity index (χ0) is 15.5. The van der Waals surface area contributed by atoms with Crippen LogP contribution in [-0.2, 0) is 19.1 Å². The summed E-state index contributed by atoms with van der Waals surface area (Å²) in [7, 11) is 1.25. The predicted octanol–water partition coefficient (Wildman–Crippen LogP) is 1.19. The summed E-state index contributed by atoms with van der Waals surface area (Å²) in [5.74, 6) is -2.90. The fourth-order valence-electron chi connectivity index (χ4n) is 2.75. The van der Waals surface area contributed by atoms with Crippen LogP contribution < -0.4 is 5.32 Å². The van der Waals surface area contributed by atoms with E-state index in [0.717, 1.165) is 6.42 Å². The third-order valence-corrected chi connectivity index (χ3v) is 4.02. The van der Waals surface area contributed by atoms with Crippen LogP contribution >= 0.6 is 0 Å². The first-order chi connectivity index (χ1) is 9.22. The molecule has 0 aromatic rings. The topological polar surface area (TPSA) is 92.7 Å². The van der Waals surface area contributed by atoms with Crippen LogP contribution in [0.1, 0.15) is 40.0 Å². The highest BCUT2D eigenvalue weighted by molar-refractivity contribution is 5.90. The van der Waals surface area contributed by atoms with Gasteiger partial charge in [-0.05, 0) is 32.6 Å². The van der Waals surface area contributed by atoms with Crippen molar-refractivity contribution < 1.29 is 24.2 Å². The van der Waals surface area contributed by atoms with E-state index in [-0.39, 0.29) is 11.8 Å². The summed E-state index contributed by atoms with van der Waals surface area (Å²) in [6.45, 7) is 5.07. The number of carbonyl (C=O) groups is 3. The SMILES string of the molecule is CCC1C[C@H](C(=O)NC(C)(C)C(=O)OC)[C@H](C(=O)O)C1. The second-order valence-electron chi connectivity index (χ2n) is 5.90. The molecule has 1 aliphatic rings. The number of ether oxygens (including phenoxy) is 1. The molecule has 0 radical (unpaired) electrons. The quantitative estimate of drug-likeness (QED) is 0.740. The highest BCUT2D eigenvalue weighted by Gasteiger charge is 2.44. The molecule has 114 valence electrons. The number of hydrogen-bond acceptors (Lipinski definition) is 4. The standard InChI is InChI=1S/C14H23NO5/c1-5-8-6-9(10(7-8)12(17)18)11(16)15-14(2,3)13(19)20-4/h8-10H,5-7H2,1-4H3,(H,15,16)(H,17,18)/t8?,9-,10+/m0/s1. The monoisotopic (exact) mass is 285 g/mol. The van der Waals surface area contributed by atoms with Crippen molar-refractivity contribution in [3.05, 3.63) is 0 Å². The Morgan fingerprint density at radius 3 is 2.25 bits per heavy atom. The Labute approximate surface area is 118 Å². The van der Waals surface area contributed by atoms with Crippen molar-refractivity contribution >= 4 is 17.8 Å². The summed E-state index contributed by atoms with van der Waals surface area (Å²) in [6, 6.07) is 0. The van der Waals surface area contributed by atoms with Gasteiger partial charge in [-0.25, -0.2) is 4.79 Å². The minimum absolute atomic E-state index is 0.244. The number of carboxylic acids is 1. The van der Waals surface area contributed by atoms with Gasteiger partial charge in [0.2, 0.25) is 5.91 Å². The molecule has 0 heterocycles. The molecule has 1 unspecified atom stereocenters. The van der Waals surface area contributed by atoms with Crippen molar-refractivity contribution in [1.82, 2.24) is 5.32 Å². The predicted molar refractivity (Wildman–Crippen MR) is 71.9 cm³/mol. The van der Waals surface area contributed by atoms with Crippen LogP contribution in [0.3, 0.4) is 0 Å². The fraction of sp³-hybridized carbons (Fsp3) is 0.786. The Morgan fingerprint density at radius 2 is 1.80 bits per heavy atom. The van der Waals surface area contributed by atoms with Crippen LogP contribution in [0.15, 0.2) is 0 Å². The maximum absolute atomic E-state index is 12.3. The van der Waals surface area contributed by atoms with Crippen LogP contribution in [0.4, 0.5) is 0 Å². The molecular weight excluding hydrogens is 262 g/mol. The van der Waals surface area contributed by atoms with Gasteiger partial charge >= 0.3 is 11.9 Å². The number of rotatable bonds is 5. The summed E-state index contributed by atoms with van der Waals surface area (Å²) >= 11 is 0. The summed E-state index contributed by atoms with van der Waals surface area (Å²) in [4.78, 5) is 35.1. The molecule has 0 aromatic heterocycles. The van der Waals surface area contributed by atoms with E-state index < -0.39 is 29.3 Å². The molecule has 20 heavy (non-hydrogen) atoms. The first-order valence-corrected chi connectivity index (χ1v) is 6.86. The first kappa shape index (κ1) is 16.5. The lowest BCUT2D eigenvalue weighted by molar-refractivity contribution is -0.151. The number of hydrogen-bond donors (Lipinski definition) is 2. The highest BCUT2D eigenvalue weighted by Crippen LogP contribution is 2.38. The van der Waals surface area contributed by atoms with Crippen molar-refractivity contribution in [2.75, 3.05) is 7.11 Å².